The lowest BCUT2D eigenvalue weighted by molar-refractivity contribution is 0.0952. The number of hydrogen-bond donors (Lipinski definition) is 1. The summed E-state index contributed by atoms with van der Waals surface area (Å²) < 4.78 is 6.73. The Kier molecular flexibility index (Phi) is 5.93. The molecule has 0 bridgehead atoms. The van der Waals surface area contributed by atoms with Crippen molar-refractivity contribution in [3.05, 3.63) is 83.4 Å². The van der Waals surface area contributed by atoms with Gasteiger partial charge in [0.15, 0.2) is 5.76 Å². The van der Waals surface area contributed by atoms with Gasteiger partial charge in [0, 0.05) is 17.4 Å². The number of nitrogens with zero attached hydrogens (tertiary/aromatic N) is 2. The second-order valence-corrected chi connectivity index (χ2v) is 7.62. The van der Waals surface area contributed by atoms with Crippen LogP contribution >= 0.6 is 0 Å². The number of aryl methyl sites for hydroxylation is 1. The molecule has 0 radical (unpaired) electrons. The number of carbonyl (C=O) groups is 2. The molecule has 6 nitrogen and oxygen atoms in total. The van der Waals surface area contributed by atoms with E-state index in [9.17, 15) is 9.59 Å². The van der Waals surface area contributed by atoms with Gasteiger partial charge in [0.2, 0.25) is 0 Å². The molecule has 1 aliphatic carbocycles. The van der Waals surface area contributed by atoms with Crippen molar-refractivity contribution < 1.29 is 14.0 Å². The number of rotatable bonds is 4. The first kappa shape index (κ1) is 19.9. The van der Waals surface area contributed by atoms with Crippen molar-refractivity contribution in [1.82, 2.24) is 4.57 Å². The van der Waals surface area contributed by atoms with Crippen LogP contribution in [0.1, 0.15) is 58.6 Å². The molecule has 30 heavy (non-hydrogen) atoms. The van der Waals surface area contributed by atoms with Gasteiger partial charge in [-0.2, -0.15) is 0 Å². The van der Waals surface area contributed by atoms with Gasteiger partial charge in [-0.3, -0.25) is 19.1 Å². The molecule has 1 fully saturated rings. The summed E-state index contributed by atoms with van der Waals surface area (Å²) in [4.78, 5) is 30.4. The average molecular weight is 403 g/mol. The number of nitrogens with one attached hydrogen (secondary N) is 1. The predicted molar refractivity (Wildman–Crippen MR) is 114 cm³/mol. The van der Waals surface area contributed by atoms with Crippen molar-refractivity contribution in [2.75, 3.05) is 5.32 Å². The average Bonchev–Trinajstić information content (AvgIpc) is 3.31. The number of pyridine rings is 1. The maximum atomic E-state index is 13.3. The zero-order valence-electron chi connectivity index (χ0n) is 17.0. The minimum atomic E-state index is -0.354. The van der Waals surface area contributed by atoms with E-state index < -0.39 is 0 Å². The lowest BCUT2D eigenvalue weighted by Gasteiger charge is -2.18. The molecule has 154 valence electrons. The molecule has 1 aromatic carbocycles. The fourth-order valence-corrected chi connectivity index (χ4v) is 3.73. The van der Waals surface area contributed by atoms with Crippen molar-refractivity contribution in [3.63, 3.8) is 0 Å². The Morgan fingerprint density at radius 1 is 1.07 bits per heavy atom. The van der Waals surface area contributed by atoms with Crippen LogP contribution in [0.2, 0.25) is 0 Å². The molecular formula is C24H25N3O3. The van der Waals surface area contributed by atoms with Crippen LogP contribution in [0.5, 0.6) is 0 Å². The van der Waals surface area contributed by atoms with E-state index in [1.165, 1.54) is 25.5 Å². The molecule has 1 saturated carbocycles. The Bertz CT molecular complexity index is 1110. The molecule has 4 rings (SSSR count). The highest BCUT2D eigenvalue weighted by atomic mass is 16.3. The maximum Gasteiger partial charge on any atom is 0.291 e. The normalized spacial score (nSPS) is 15.2. The summed E-state index contributed by atoms with van der Waals surface area (Å²) >= 11 is 0. The van der Waals surface area contributed by atoms with Gasteiger partial charge in [0.1, 0.15) is 5.49 Å². The molecule has 0 saturated heterocycles. The van der Waals surface area contributed by atoms with Gasteiger partial charge in [-0.1, -0.05) is 31.4 Å². The van der Waals surface area contributed by atoms with Gasteiger partial charge >= 0.3 is 0 Å². The van der Waals surface area contributed by atoms with E-state index in [-0.39, 0.29) is 23.6 Å². The highest BCUT2D eigenvalue weighted by molar-refractivity contribution is 6.04. The van der Waals surface area contributed by atoms with E-state index in [4.69, 9.17) is 9.41 Å². The lowest BCUT2D eigenvalue weighted by Crippen LogP contribution is -2.29. The van der Waals surface area contributed by atoms with Crippen molar-refractivity contribution in [3.8, 4) is 0 Å². The molecule has 0 spiro atoms. The van der Waals surface area contributed by atoms with Gasteiger partial charge in [0.25, 0.3) is 11.8 Å². The fourth-order valence-electron chi connectivity index (χ4n) is 3.73. The quantitative estimate of drug-likeness (QED) is 0.694. The summed E-state index contributed by atoms with van der Waals surface area (Å²) in [5, 5.41) is 2.82. The smallest absolute Gasteiger partial charge is 0.291 e. The Morgan fingerprint density at radius 2 is 1.90 bits per heavy atom. The monoisotopic (exact) mass is 403 g/mol. The minimum absolute atomic E-state index is 0.182. The van der Waals surface area contributed by atoms with Crippen LogP contribution in [0.4, 0.5) is 5.69 Å². The molecule has 2 heterocycles. The molecule has 0 atom stereocenters. The summed E-state index contributed by atoms with van der Waals surface area (Å²) in [7, 11) is 0. The predicted octanol–water partition coefficient (Wildman–Crippen LogP) is 4.56. The van der Waals surface area contributed by atoms with Crippen LogP contribution < -0.4 is 10.8 Å². The topological polar surface area (TPSA) is 76.6 Å². The molecule has 6 heteroatoms. The zero-order valence-corrected chi connectivity index (χ0v) is 17.0. The molecule has 1 N–H and O–H groups in total. The van der Waals surface area contributed by atoms with Crippen molar-refractivity contribution in [1.29, 1.82) is 0 Å². The molecule has 0 aliphatic heterocycles. The van der Waals surface area contributed by atoms with Crippen LogP contribution in [0.15, 0.2) is 70.4 Å². The van der Waals surface area contributed by atoms with Gasteiger partial charge < -0.3 is 9.73 Å². The Labute approximate surface area is 175 Å². The van der Waals surface area contributed by atoms with E-state index in [1.54, 1.807) is 35.0 Å². The number of amides is 1. The number of aromatic nitrogens is 1. The number of benzene rings is 1. The van der Waals surface area contributed by atoms with Gasteiger partial charge in [0.05, 0.1) is 12.3 Å². The highest BCUT2D eigenvalue weighted by Gasteiger charge is 2.16. The molecule has 1 aliphatic rings. The molecule has 0 unspecified atom stereocenters. The second kappa shape index (κ2) is 8.95. The Balaban J connectivity index is 1.63. The molecule has 1 amide bonds. The first-order valence-corrected chi connectivity index (χ1v) is 10.3. The van der Waals surface area contributed by atoms with Crippen molar-refractivity contribution in [2.45, 2.75) is 45.1 Å². The fraction of sp³-hybridized carbons (Fsp3) is 0.292. The van der Waals surface area contributed by atoms with Crippen LogP contribution in [-0.2, 0) is 0 Å². The third kappa shape index (κ3) is 4.43. The summed E-state index contributed by atoms with van der Waals surface area (Å²) in [6, 6.07) is 14.4. The van der Waals surface area contributed by atoms with Crippen LogP contribution in [-0.4, -0.2) is 22.4 Å². The molecule has 3 aromatic rings. The highest BCUT2D eigenvalue weighted by Crippen LogP contribution is 2.20. The summed E-state index contributed by atoms with van der Waals surface area (Å²) in [6.45, 7) is 1.88. The SMILES string of the molecule is Cc1ccc(C(=O)n2ccccc2=NC2CCCCC2)cc1NC(=O)c1ccco1. The van der Waals surface area contributed by atoms with Crippen LogP contribution in [0.25, 0.3) is 0 Å². The summed E-state index contributed by atoms with van der Waals surface area (Å²) in [6.07, 6.45) is 8.95. The van der Waals surface area contributed by atoms with Crippen molar-refractivity contribution in [2.24, 2.45) is 4.99 Å². The van der Waals surface area contributed by atoms with E-state index in [2.05, 4.69) is 5.32 Å². The zero-order chi connectivity index (χ0) is 20.9. The van der Waals surface area contributed by atoms with Gasteiger partial charge in [-0.05, 0) is 61.7 Å². The first-order chi connectivity index (χ1) is 14.6. The molecular weight excluding hydrogens is 378 g/mol. The third-order valence-electron chi connectivity index (χ3n) is 5.42. The Hall–Kier alpha value is -3.41. The first-order valence-electron chi connectivity index (χ1n) is 10.3. The van der Waals surface area contributed by atoms with Gasteiger partial charge in [-0.25, -0.2) is 0 Å². The lowest BCUT2D eigenvalue weighted by atomic mass is 9.96. The van der Waals surface area contributed by atoms with Crippen molar-refractivity contribution >= 4 is 17.5 Å². The van der Waals surface area contributed by atoms with Crippen LogP contribution in [0, 0.1) is 6.92 Å². The van der Waals surface area contributed by atoms with Crippen LogP contribution in [0.3, 0.4) is 0 Å². The largest absolute Gasteiger partial charge is 0.459 e. The summed E-state index contributed by atoms with van der Waals surface area (Å²) in [5.74, 6) is -0.316. The number of carbonyl (C=O) groups excluding carboxylic acids is 2. The molecule has 2 aromatic heterocycles. The van der Waals surface area contributed by atoms with E-state index in [1.807, 2.05) is 31.2 Å². The second-order valence-electron chi connectivity index (χ2n) is 7.62. The Morgan fingerprint density at radius 3 is 2.67 bits per heavy atom. The summed E-state index contributed by atoms with van der Waals surface area (Å²) in [5.41, 5.74) is 2.57. The van der Waals surface area contributed by atoms with E-state index >= 15 is 0 Å². The third-order valence-corrected chi connectivity index (χ3v) is 5.42. The van der Waals surface area contributed by atoms with E-state index in [0.717, 1.165) is 18.4 Å². The standard InChI is InChI=1S/C24H25N3O3/c1-17-12-13-18(16-20(17)26-23(28)21-10-7-15-30-21)24(29)27-14-6-5-11-22(27)25-19-8-3-2-4-9-19/h5-7,10-16,19H,2-4,8-9H2,1H3,(H,26,28). The van der Waals surface area contributed by atoms with E-state index in [0.29, 0.717) is 16.7 Å². The minimum Gasteiger partial charge on any atom is -0.459 e. The maximum absolute atomic E-state index is 13.3. The number of furan rings is 1. The number of hydrogen-bond acceptors (Lipinski definition) is 4. The van der Waals surface area contributed by atoms with Gasteiger partial charge in [-0.15, -0.1) is 0 Å². The number of anilines is 1.